The molecule has 0 spiro atoms. The van der Waals surface area contributed by atoms with Crippen molar-refractivity contribution in [1.82, 2.24) is 5.48 Å². The first-order valence-corrected chi connectivity index (χ1v) is 5.34. The predicted molar refractivity (Wildman–Crippen MR) is 60.3 cm³/mol. The van der Waals surface area contributed by atoms with E-state index >= 15 is 0 Å². The van der Waals surface area contributed by atoms with E-state index in [0.29, 0.717) is 0 Å². The number of halogens is 2. The van der Waals surface area contributed by atoms with Gasteiger partial charge < -0.3 is 5.32 Å². The molecule has 0 saturated heterocycles. The minimum atomic E-state index is -0.486. The Labute approximate surface area is 97.9 Å². The second-order valence-electron chi connectivity index (χ2n) is 2.51. The summed E-state index contributed by atoms with van der Waals surface area (Å²) in [6, 6.07) is 5.53. The molecule has 6 heteroatoms. The molecule has 0 unspecified atom stereocenters. The second-order valence-corrected chi connectivity index (χ2v) is 4.28. The van der Waals surface area contributed by atoms with E-state index in [-0.39, 0.29) is 6.54 Å². The number of rotatable bonds is 3. The van der Waals surface area contributed by atoms with E-state index in [1.807, 2.05) is 18.2 Å². The van der Waals surface area contributed by atoms with Crippen LogP contribution in [0.5, 0.6) is 0 Å². The van der Waals surface area contributed by atoms with Crippen LogP contribution in [0.4, 0.5) is 5.69 Å². The highest BCUT2D eigenvalue weighted by molar-refractivity contribution is 9.11. The molecule has 1 amide bonds. The van der Waals surface area contributed by atoms with Gasteiger partial charge in [-0.15, -0.1) is 0 Å². The third-order valence-electron chi connectivity index (χ3n) is 1.50. The molecule has 0 heterocycles. The van der Waals surface area contributed by atoms with Gasteiger partial charge in [-0.2, -0.15) is 0 Å². The average Bonchev–Trinajstić information content (AvgIpc) is 2.16. The summed E-state index contributed by atoms with van der Waals surface area (Å²) in [6.07, 6.45) is 0. The Morgan fingerprint density at radius 2 is 2.14 bits per heavy atom. The van der Waals surface area contributed by atoms with Crippen molar-refractivity contribution in [2.24, 2.45) is 0 Å². The first-order valence-electron chi connectivity index (χ1n) is 3.75. The van der Waals surface area contributed by atoms with E-state index in [9.17, 15) is 4.79 Å². The quantitative estimate of drug-likeness (QED) is 0.590. The molecule has 3 N–H and O–H groups in total. The van der Waals surface area contributed by atoms with Crippen LogP contribution < -0.4 is 10.8 Å². The van der Waals surface area contributed by atoms with Crippen LogP contribution in [0.15, 0.2) is 27.1 Å². The van der Waals surface area contributed by atoms with E-state index < -0.39 is 5.91 Å². The maximum Gasteiger partial charge on any atom is 0.262 e. The summed E-state index contributed by atoms with van der Waals surface area (Å²) in [6.45, 7) is 0.0245. The molecule has 4 nitrogen and oxygen atoms in total. The van der Waals surface area contributed by atoms with Gasteiger partial charge in [0, 0.05) is 14.6 Å². The molecule has 0 atom stereocenters. The van der Waals surface area contributed by atoms with Crippen molar-refractivity contribution in [2.75, 3.05) is 11.9 Å². The highest BCUT2D eigenvalue weighted by atomic mass is 79.9. The predicted octanol–water partition coefficient (Wildman–Crippen LogP) is 2.13. The maximum atomic E-state index is 10.7. The number of benzene rings is 1. The Morgan fingerprint density at radius 1 is 1.43 bits per heavy atom. The highest BCUT2D eigenvalue weighted by Crippen LogP contribution is 2.25. The molecule has 0 fully saturated rings. The molecule has 0 aliphatic carbocycles. The highest BCUT2D eigenvalue weighted by Gasteiger charge is 2.02. The lowest BCUT2D eigenvalue weighted by molar-refractivity contribution is -0.127. The molecular formula is C8H8Br2N2O2. The molecule has 0 aromatic heterocycles. The van der Waals surface area contributed by atoms with Crippen molar-refractivity contribution >= 4 is 43.5 Å². The van der Waals surface area contributed by atoms with Crippen LogP contribution in [0, 0.1) is 0 Å². The van der Waals surface area contributed by atoms with Gasteiger partial charge in [-0.05, 0) is 34.1 Å². The van der Waals surface area contributed by atoms with Gasteiger partial charge in [0.1, 0.15) is 0 Å². The Bertz CT molecular complexity index is 344. The third-order valence-corrected chi connectivity index (χ3v) is 2.64. The van der Waals surface area contributed by atoms with Gasteiger partial charge in [0.05, 0.1) is 6.54 Å². The lowest BCUT2D eigenvalue weighted by Gasteiger charge is -2.07. The molecule has 1 aromatic carbocycles. The summed E-state index contributed by atoms with van der Waals surface area (Å²) in [7, 11) is 0. The average molecular weight is 324 g/mol. The monoisotopic (exact) mass is 322 g/mol. The molecular weight excluding hydrogens is 316 g/mol. The fraction of sp³-hybridized carbons (Fsp3) is 0.125. The number of anilines is 1. The molecule has 0 aliphatic rings. The Balaban J connectivity index is 2.63. The van der Waals surface area contributed by atoms with Crippen LogP contribution in [0.25, 0.3) is 0 Å². The lowest BCUT2D eigenvalue weighted by Crippen LogP contribution is -2.26. The molecule has 0 aliphatic heterocycles. The fourth-order valence-corrected chi connectivity index (χ4v) is 2.04. The summed E-state index contributed by atoms with van der Waals surface area (Å²) < 4.78 is 1.79. The molecule has 0 bridgehead atoms. The van der Waals surface area contributed by atoms with Crippen LogP contribution >= 0.6 is 31.9 Å². The van der Waals surface area contributed by atoms with E-state index in [2.05, 4.69) is 37.2 Å². The van der Waals surface area contributed by atoms with Crippen molar-refractivity contribution in [3.8, 4) is 0 Å². The van der Waals surface area contributed by atoms with E-state index in [0.717, 1.165) is 14.6 Å². The number of hydrogen-bond acceptors (Lipinski definition) is 3. The van der Waals surface area contributed by atoms with Crippen LogP contribution in [0.2, 0.25) is 0 Å². The van der Waals surface area contributed by atoms with Crippen molar-refractivity contribution in [3.05, 3.63) is 27.1 Å². The summed E-state index contributed by atoms with van der Waals surface area (Å²) in [5.41, 5.74) is 2.33. The molecule has 0 saturated carbocycles. The second kappa shape index (κ2) is 5.33. The summed E-state index contributed by atoms with van der Waals surface area (Å²) in [4.78, 5) is 10.7. The standard InChI is InChI=1S/C8H8Br2N2O2/c9-5-1-2-7(6(10)3-5)11-4-8(13)12-14/h1-3,11,14H,4H2,(H,12,13). The molecule has 1 aromatic rings. The van der Waals surface area contributed by atoms with Gasteiger partial charge >= 0.3 is 0 Å². The number of carbonyl (C=O) groups excluding carboxylic acids is 1. The van der Waals surface area contributed by atoms with E-state index in [1.54, 1.807) is 5.48 Å². The van der Waals surface area contributed by atoms with Gasteiger partial charge in [0.2, 0.25) is 0 Å². The first-order chi connectivity index (χ1) is 6.63. The number of hydrogen-bond donors (Lipinski definition) is 3. The Morgan fingerprint density at radius 3 is 2.71 bits per heavy atom. The minimum absolute atomic E-state index is 0.0245. The Hall–Kier alpha value is -0.590. The fourth-order valence-electron chi connectivity index (χ4n) is 0.848. The number of nitrogens with one attached hydrogen (secondary N) is 2. The molecule has 14 heavy (non-hydrogen) atoms. The number of carbonyl (C=O) groups is 1. The van der Waals surface area contributed by atoms with Gasteiger partial charge in [-0.3, -0.25) is 10.0 Å². The number of amides is 1. The summed E-state index contributed by atoms with van der Waals surface area (Å²) in [5.74, 6) is -0.486. The van der Waals surface area contributed by atoms with E-state index in [4.69, 9.17) is 5.21 Å². The van der Waals surface area contributed by atoms with Crippen molar-refractivity contribution in [2.45, 2.75) is 0 Å². The minimum Gasteiger partial charge on any atom is -0.375 e. The van der Waals surface area contributed by atoms with Crippen molar-refractivity contribution in [1.29, 1.82) is 0 Å². The largest absolute Gasteiger partial charge is 0.375 e. The van der Waals surface area contributed by atoms with Crippen LogP contribution in [0.3, 0.4) is 0 Å². The third kappa shape index (κ3) is 3.28. The molecule has 76 valence electrons. The lowest BCUT2D eigenvalue weighted by atomic mass is 10.3. The van der Waals surface area contributed by atoms with Crippen LogP contribution in [0.1, 0.15) is 0 Å². The van der Waals surface area contributed by atoms with Crippen LogP contribution in [-0.4, -0.2) is 17.7 Å². The summed E-state index contributed by atoms with van der Waals surface area (Å²) in [5, 5.41) is 11.1. The smallest absolute Gasteiger partial charge is 0.262 e. The van der Waals surface area contributed by atoms with Gasteiger partial charge in [0.25, 0.3) is 5.91 Å². The van der Waals surface area contributed by atoms with Crippen molar-refractivity contribution < 1.29 is 10.0 Å². The van der Waals surface area contributed by atoms with E-state index in [1.165, 1.54) is 0 Å². The number of hydroxylamine groups is 1. The zero-order chi connectivity index (χ0) is 10.6. The first kappa shape index (κ1) is 11.5. The van der Waals surface area contributed by atoms with Gasteiger partial charge in [-0.1, -0.05) is 15.9 Å². The zero-order valence-corrected chi connectivity index (χ0v) is 10.2. The van der Waals surface area contributed by atoms with Gasteiger partial charge in [0.15, 0.2) is 0 Å². The zero-order valence-electron chi connectivity index (χ0n) is 7.05. The normalized spacial score (nSPS) is 9.64. The maximum absolute atomic E-state index is 10.7. The SMILES string of the molecule is O=C(CNc1ccc(Br)cc1Br)NO. The van der Waals surface area contributed by atoms with Crippen LogP contribution in [-0.2, 0) is 4.79 Å². The Kier molecular flexibility index (Phi) is 4.37. The van der Waals surface area contributed by atoms with Crippen molar-refractivity contribution in [3.63, 3.8) is 0 Å². The van der Waals surface area contributed by atoms with Gasteiger partial charge in [-0.25, -0.2) is 5.48 Å². The topological polar surface area (TPSA) is 61.4 Å². The summed E-state index contributed by atoms with van der Waals surface area (Å²) >= 11 is 6.65. The molecule has 1 rings (SSSR count). The molecule has 0 radical (unpaired) electrons.